The highest BCUT2D eigenvalue weighted by atomic mass is 32.2. The van der Waals surface area contributed by atoms with Gasteiger partial charge in [0.1, 0.15) is 17.2 Å². The lowest BCUT2D eigenvalue weighted by atomic mass is 9.43. The van der Waals surface area contributed by atoms with Gasteiger partial charge in [0.15, 0.2) is 5.75 Å². The summed E-state index contributed by atoms with van der Waals surface area (Å²) in [4.78, 5) is 7.34. The van der Waals surface area contributed by atoms with Crippen molar-refractivity contribution in [1.82, 2.24) is 0 Å². The monoisotopic (exact) mass is 800 g/mol. The van der Waals surface area contributed by atoms with Crippen molar-refractivity contribution in [2.75, 3.05) is 9.71 Å². The lowest BCUT2D eigenvalue weighted by Crippen LogP contribution is -2.62. The molecule has 0 unspecified atom stereocenters. The minimum absolute atomic E-state index is 0.0268. The number of ether oxygens (including phenoxy) is 2. The van der Waals surface area contributed by atoms with Crippen molar-refractivity contribution in [1.29, 1.82) is 0 Å². The van der Waals surface area contributed by atoms with E-state index >= 15 is 0 Å². The molecule has 0 saturated heterocycles. The Hall–Kier alpha value is -5.85. The zero-order valence-corrected chi connectivity index (χ0v) is 36.7. The molecule has 7 aromatic rings. The molecule has 0 bridgehead atoms. The lowest BCUT2D eigenvalue weighted by molar-refractivity contribution is 0.455. The van der Waals surface area contributed by atoms with E-state index in [0.717, 1.165) is 55.5 Å². The molecule has 0 aromatic heterocycles. The third-order valence-electron chi connectivity index (χ3n) is 12.7. The van der Waals surface area contributed by atoms with Crippen molar-refractivity contribution in [3.05, 3.63) is 150 Å². The van der Waals surface area contributed by atoms with Crippen LogP contribution >= 0.6 is 11.8 Å². The van der Waals surface area contributed by atoms with Crippen LogP contribution in [-0.2, 0) is 16.2 Å². The number of anilines is 5. The smallest absolute Gasteiger partial charge is 0.333 e. The largest absolute Gasteiger partial charge is 0.455 e. The van der Waals surface area contributed by atoms with Crippen LogP contribution in [0.1, 0.15) is 79.0 Å². The summed E-state index contributed by atoms with van der Waals surface area (Å²) >= 11 is 1.79. The van der Waals surface area contributed by atoms with E-state index in [1.807, 2.05) is 0 Å². The fourth-order valence-corrected chi connectivity index (χ4v) is 10.4. The zero-order chi connectivity index (χ0) is 41.5. The highest BCUT2D eigenvalue weighted by Crippen LogP contribution is 2.58. The summed E-state index contributed by atoms with van der Waals surface area (Å²) in [5.74, 6) is 3.57. The van der Waals surface area contributed by atoms with Crippen molar-refractivity contribution in [3.8, 4) is 45.3 Å². The minimum Gasteiger partial charge on any atom is -0.455 e. The summed E-state index contributed by atoms with van der Waals surface area (Å²) in [7, 11) is 0. The Morgan fingerprint density at radius 2 is 1.13 bits per heavy atom. The van der Waals surface area contributed by atoms with Crippen LogP contribution < -0.4 is 30.1 Å². The van der Waals surface area contributed by atoms with Gasteiger partial charge >= 0.3 is 6.85 Å². The van der Waals surface area contributed by atoms with Crippen molar-refractivity contribution in [2.24, 2.45) is 0 Å². The van der Waals surface area contributed by atoms with Crippen LogP contribution in [0.2, 0.25) is 0 Å². The second-order valence-electron chi connectivity index (χ2n) is 19.9. The maximum absolute atomic E-state index is 7.13. The first-order valence-electron chi connectivity index (χ1n) is 21.2. The molecule has 0 atom stereocenters. The van der Waals surface area contributed by atoms with Crippen LogP contribution in [0.5, 0.6) is 23.0 Å². The molecule has 0 N–H and O–H groups in total. The summed E-state index contributed by atoms with van der Waals surface area (Å²) in [6.07, 6.45) is 0. The number of benzene rings is 7. The fourth-order valence-electron chi connectivity index (χ4n) is 9.41. The molecule has 296 valence electrons. The molecule has 0 radical (unpaired) electrons. The SMILES string of the molecule is CC(C)(C)c1ccc(N2c3cc4c(cc3B3c5c(cc(-c6ccccc6)cc52)-c2cc(C(C)(C)C)cc5c2N3c2ccc(C(C)(C)C)cc2O5)Oc2ccccc2S4)cc1. The first kappa shape index (κ1) is 37.2. The van der Waals surface area contributed by atoms with Crippen molar-refractivity contribution < 1.29 is 9.47 Å². The Labute approximate surface area is 359 Å². The van der Waals surface area contributed by atoms with E-state index in [1.165, 1.54) is 55.6 Å². The van der Waals surface area contributed by atoms with Gasteiger partial charge in [0, 0.05) is 22.6 Å². The van der Waals surface area contributed by atoms with E-state index < -0.39 is 0 Å². The molecule has 4 heterocycles. The van der Waals surface area contributed by atoms with Gasteiger partial charge in [-0.3, -0.25) is 0 Å². The molecule has 4 aliphatic rings. The Balaban J connectivity index is 1.26. The molecular weight excluding hydrogens is 751 g/mol. The molecule has 7 aromatic carbocycles. The average Bonchev–Trinajstić information content (AvgIpc) is 3.22. The normalized spacial score (nSPS) is 14.5. The van der Waals surface area contributed by atoms with Gasteiger partial charge in [-0.15, -0.1) is 0 Å². The van der Waals surface area contributed by atoms with Gasteiger partial charge in [0.25, 0.3) is 0 Å². The quantitative estimate of drug-likeness (QED) is 0.162. The van der Waals surface area contributed by atoms with E-state index in [1.54, 1.807) is 11.8 Å². The molecule has 0 amide bonds. The van der Waals surface area contributed by atoms with E-state index in [4.69, 9.17) is 9.47 Å². The van der Waals surface area contributed by atoms with Crippen LogP contribution in [0.4, 0.5) is 28.4 Å². The predicted octanol–water partition coefficient (Wildman–Crippen LogP) is 14.3. The van der Waals surface area contributed by atoms with Crippen LogP contribution in [0.25, 0.3) is 22.3 Å². The molecule has 4 aliphatic heterocycles. The molecule has 0 saturated carbocycles. The standard InChI is InChI=1S/C54H49BN2O2S/c1-52(2,3)34-19-22-37(23-20-34)56-42-31-49-46(58-44-17-13-14-18-48(44)60-49)30-40(42)55-50-38(25-33(26-43(50)56)32-15-11-10-12-16-32)39-27-36(54(7,8)9)29-47-51(39)57(55)41-24-21-35(53(4,5)6)28-45(41)59-47/h10-31H,1-9H3. The first-order valence-corrected chi connectivity index (χ1v) is 22.0. The zero-order valence-electron chi connectivity index (χ0n) is 35.9. The number of para-hydroxylation sites is 1. The van der Waals surface area contributed by atoms with Crippen LogP contribution in [-0.4, -0.2) is 6.85 Å². The molecule has 60 heavy (non-hydrogen) atoms. The molecular formula is C54H49BN2O2S. The Kier molecular flexibility index (Phi) is 7.95. The van der Waals surface area contributed by atoms with Crippen molar-refractivity contribution in [2.45, 2.75) is 88.3 Å². The third-order valence-corrected chi connectivity index (χ3v) is 13.8. The molecule has 0 aliphatic carbocycles. The van der Waals surface area contributed by atoms with Crippen molar-refractivity contribution >= 4 is 58.0 Å². The predicted molar refractivity (Wildman–Crippen MR) is 252 cm³/mol. The molecule has 0 fully saturated rings. The second-order valence-corrected chi connectivity index (χ2v) is 21.0. The van der Waals surface area contributed by atoms with Gasteiger partial charge in [-0.2, -0.15) is 0 Å². The van der Waals surface area contributed by atoms with Gasteiger partial charge < -0.3 is 19.2 Å². The van der Waals surface area contributed by atoms with Gasteiger partial charge in [-0.1, -0.05) is 135 Å². The lowest BCUT2D eigenvalue weighted by Gasteiger charge is -2.48. The molecule has 4 nitrogen and oxygen atoms in total. The number of rotatable bonds is 2. The van der Waals surface area contributed by atoms with Gasteiger partial charge in [0.2, 0.25) is 0 Å². The van der Waals surface area contributed by atoms with Crippen LogP contribution in [0, 0.1) is 0 Å². The van der Waals surface area contributed by atoms with Gasteiger partial charge in [0.05, 0.1) is 21.2 Å². The third kappa shape index (κ3) is 5.74. The molecule has 0 spiro atoms. The second kappa shape index (κ2) is 12.8. The summed E-state index contributed by atoms with van der Waals surface area (Å²) in [6, 6.07) is 49.6. The van der Waals surface area contributed by atoms with Crippen LogP contribution in [0.3, 0.4) is 0 Å². The Bertz CT molecular complexity index is 2920. The Morgan fingerprint density at radius 3 is 1.87 bits per heavy atom. The van der Waals surface area contributed by atoms with Gasteiger partial charge in [-0.05, 0) is 133 Å². The summed E-state index contributed by atoms with van der Waals surface area (Å²) < 4.78 is 13.9. The van der Waals surface area contributed by atoms with E-state index in [-0.39, 0.29) is 23.1 Å². The minimum atomic E-state index is -0.175. The first-order chi connectivity index (χ1) is 28.6. The number of fused-ring (bicyclic) bond motifs is 8. The van der Waals surface area contributed by atoms with E-state index in [9.17, 15) is 0 Å². The van der Waals surface area contributed by atoms with Gasteiger partial charge in [-0.25, -0.2) is 0 Å². The summed E-state index contributed by atoms with van der Waals surface area (Å²) in [5.41, 5.74) is 16.6. The highest BCUT2D eigenvalue weighted by molar-refractivity contribution is 7.99. The summed E-state index contributed by atoms with van der Waals surface area (Å²) in [6.45, 7) is 20.4. The van der Waals surface area contributed by atoms with Crippen molar-refractivity contribution in [3.63, 3.8) is 0 Å². The maximum atomic E-state index is 7.13. The molecule has 6 heteroatoms. The number of hydrogen-bond acceptors (Lipinski definition) is 5. The average molecular weight is 801 g/mol. The fraction of sp³-hybridized carbons (Fsp3) is 0.222. The Morgan fingerprint density at radius 1 is 0.467 bits per heavy atom. The number of nitrogens with zero attached hydrogens (tertiary/aromatic N) is 2. The topological polar surface area (TPSA) is 24.9 Å². The molecule has 11 rings (SSSR count). The van der Waals surface area contributed by atoms with Crippen LogP contribution in [0.15, 0.2) is 143 Å². The van der Waals surface area contributed by atoms with E-state index in [2.05, 4.69) is 205 Å². The highest BCUT2D eigenvalue weighted by Gasteiger charge is 2.49. The summed E-state index contributed by atoms with van der Waals surface area (Å²) in [5, 5.41) is 0. The maximum Gasteiger partial charge on any atom is 0.333 e. The number of hydrogen-bond donors (Lipinski definition) is 0. The van der Waals surface area contributed by atoms with E-state index in [0.29, 0.717) is 0 Å².